The van der Waals surface area contributed by atoms with Crippen LogP contribution in [0, 0.1) is 5.92 Å². The van der Waals surface area contributed by atoms with Crippen molar-refractivity contribution in [1.82, 2.24) is 25.0 Å². The minimum absolute atomic E-state index is 0.0215. The van der Waals surface area contributed by atoms with Crippen LogP contribution in [0.15, 0.2) is 36.9 Å². The van der Waals surface area contributed by atoms with Crippen LogP contribution in [-0.4, -0.2) is 50.4 Å². The normalized spacial score (nSPS) is 21.0. The predicted molar refractivity (Wildman–Crippen MR) is 93.4 cm³/mol. The van der Waals surface area contributed by atoms with Crippen molar-refractivity contribution in [2.45, 2.75) is 31.5 Å². The maximum Gasteiger partial charge on any atom is 0.234 e. The van der Waals surface area contributed by atoms with Gasteiger partial charge < -0.3 is 10.4 Å². The Morgan fingerprint density at radius 1 is 1.44 bits per heavy atom. The van der Waals surface area contributed by atoms with E-state index in [1.807, 2.05) is 37.3 Å². The molecule has 0 aromatic carbocycles. The number of nitrogens with zero attached hydrogens (tertiary/aromatic N) is 4. The minimum atomic E-state index is -0.254. The summed E-state index contributed by atoms with van der Waals surface area (Å²) in [7, 11) is 3.78. The number of hydrogen-bond donors (Lipinski definition) is 2. The number of pyridine rings is 1. The van der Waals surface area contributed by atoms with Crippen LogP contribution in [0.3, 0.4) is 0 Å². The van der Waals surface area contributed by atoms with Gasteiger partial charge in [0.2, 0.25) is 5.91 Å². The molecule has 134 valence electrons. The second-order valence-corrected chi connectivity index (χ2v) is 6.91. The van der Waals surface area contributed by atoms with E-state index in [0.29, 0.717) is 25.9 Å². The van der Waals surface area contributed by atoms with Crippen LogP contribution in [0.2, 0.25) is 0 Å². The third-order valence-corrected chi connectivity index (χ3v) is 4.64. The molecule has 0 aliphatic heterocycles. The maximum absolute atomic E-state index is 12.5. The van der Waals surface area contributed by atoms with Gasteiger partial charge in [-0.2, -0.15) is 5.10 Å². The zero-order chi connectivity index (χ0) is 17.8. The first-order valence-electron chi connectivity index (χ1n) is 8.54. The van der Waals surface area contributed by atoms with Crippen LogP contribution >= 0.6 is 0 Å². The van der Waals surface area contributed by atoms with E-state index >= 15 is 0 Å². The van der Waals surface area contributed by atoms with Crippen LogP contribution < -0.4 is 5.32 Å². The number of aliphatic hydroxyl groups is 1. The highest BCUT2D eigenvalue weighted by Crippen LogP contribution is 2.37. The van der Waals surface area contributed by atoms with Crippen molar-refractivity contribution < 1.29 is 9.90 Å². The van der Waals surface area contributed by atoms with Crippen molar-refractivity contribution in [2.24, 2.45) is 13.0 Å². The summed E-state index contributed by atoms with van der Waals surface area (Å²) >= 11 is 0. The van der Waals surface area contributed by atoms with E-state index < -0.39 is 0 Å². The van der Waals surface area contributed by atoms with Crippen molar-refractivity contribution in [2.75, 3.05) is 13.6 Å². The third-order valence-electron chi connectivity index (χ3n) is 4.64. The molecule has 7 heteroatoms. The second-order valence-electron chi connectivity index (χ2n) is 6.91. The second kappa shape index (κ2) is 7.76. The molecule has 25 heavy (non-hydrogen) atoms. The van der Waals surface area contributed by atoms with E-state index in [1.165, 1.54) is 0 Å². The molecular weight excluding hydrogens is 318 g/mol. The zero-order valence-corrected chi connectivity index (χ0v) is 14.7. The molecule has 2 aromatic heterocycles. The predicted octanol–water partition coefficient (Wildman–Crippen LogP) is 0.875. The van der Waals surface area contributed by atoms with E-state index in [0.717, 1.165) is 11.1 Å². The topological polar surface area (TPSA) is 83.3 Å². The highest BCUT2D eigenvalue weighted by molar-refractivity contribution is 5.78. The molecule has 1 atom stereocenters. The van der Waals surface area contributed by atoms with Gasteiger partial charge in [0.1, 0.15) is 0 Å². The van der Waals surface area contributed by atoms with Gasteiger partial charge in [0, 0.05) is 37.7 Å². The van der Waals surface area contributed by atoms with Crippen molar-refractivity contribution in [3.05, 3.63) is 48.0 Å². The van der Waals surface area contributed by atoms with E-state index in [2.05, 4.69) is 15.4 Å². The molecule has 0 radical (unpaired) electrons. The number of aromatic nitrogens is 3. The smallest absolute Gasteiger partial charge is 0.234 e. The summed E-state index contributed by atoms with van der Waals surface area (Å²) < 4.78 is 1.74. The molecule has 2 aromatic rings. The standard InChI is InChI=1S/C18H25N5O2/c1-22(10-13-3-5-19-6-4-13)12-17(25)21-18(14-7-16(24)8-14)15-9-20-23(2)11-15/h3-6,9,11,14,16,18,24H,7-8,10,12H2,1-2H3,(H,21,25). The lowest BCUT2D eigenvalue weighted by atomic mass is 9.75. The fourth-order valence-electron chi connectivity index (χ4n) is 3.30. The summed E-state index contributed by atoms with van der Waals surface area (Å²) in [5.41, 5.74) is 2.11. The van der Waals surface area contributed by atoms with Gasteiger partial charge in [-0.15, -0.1) is 0 Å². The Labute approximate surface area is 147 Å². The summed E-state index contributed by atoms with van der Waals surface area (Å²) in [4.78, 5) is 18.5. The van der Waals surface area contributed by atoms with Crippen molar-refractivity contribution in [3.8, 4) is 0 Å². The molecule has 3 rings (SSSR count). The fraction of sp³-hybridized carbons (Fsp3) is 0.500. The van der Waals surface area contributed by atoms with Crippen LogP contribution in [0.5, 0.6) is 0 Å². The molecule has 1 fully saturated rings. The third kappa shape index (κ3) is 4.64. The number of hydrogen-bond acceptors (Lipinski definition) is 5. The van der Waals surface area contributed by atoms with Crippen molar-refractivity contribution in [3.63, 3.8) is 0 Å². The zero-order valence-electron chi connectivity index (χ0n) is 14.7. The highest BCUT2D eigenvalue weighted by atomic mass is 16.3. The molecule has 1 aliphatic rings. The van der Waals surface area contributed by atoms with Crippen LogP contribution in [0.4, 0.5) is 0 Å². The molecule has 2 heterocycles. The summed E-state index contributed by atoms with van der Waals surface area (Å²) in [5, 5.41) is 17.0. The quantitative estimate of drug-likeness (QED) is 0.780. The number of aryl methyl sites for hydroxylation is 1. The molecule has 0 saturated heterocycles. The first-order chi connectivity index (χ1) is 12.0. The Bertz CT molecular complexity index is 697. The van der Waals surface area contributed by atoms with E-state index in [1.54, 1.807) is 23.3 Å². The molecule has 1 aliphatic carbocycles. The van der Waals surface area contributed by atoms with E-state index in [9.17, 15) is 9.90 Å². The van der Waals surface area contributed by atoms with E-state index in [4.69, 9.17) is 0 Å². The van der Waals surface area contributed by atoms with Crippen molar-refractivity contribution >= 4 is 5.91 Å². The Balaban J connectivity index is 1.58. The molecule has 7 nitrogen and oxygen atoms in total. The summed E-state index contributed by atoms with van der Waals surface area (Å²) in [6.07, 6.45) is 8.40. The molecule has 0 spiro atoms. The molecule has 0 bridgehead atoms. The lowest BCUT2D eigenvalue weighted by Gasteiger charge is -2.37. The highest BCUT2D eigenvalue weighted by Gasteiger charge is 2.36. The number of amides is 1. The van der Waals surface area contributed by atoms with Gasteiger partial charge in [-0.25, -0.2) is 0 Å². The number of carbonyl (C=O) groups is 1. The van der Waals surface area contributed by atoms with E-state index in [-0.39, 0.29) is 24.0 Å². The Morgan fingerprint density at radius 2 is 2.16 bits per heavy atom. The summed E-state index contributed by atoms with van der Waals surface area (Å²) in [6.45, 7) is 1.00. The first kappa shape index (κ1) is 17.6. The number of rotatable bonds is 7. The number of nitrogens with one attached hydrogen (secondary N) is 1. The first-order valence-corrected chi connectivity index (χ1v) is 8.54. The monoisotopic (exact) mass is 343 g/mol. The largest absolute Gasteiger partial charge is 0.393 e. The molecule has 1 amide bonds. The lowest BCUT2D eigenvalue weighted by Crippen LogP contribution is -2.44. The van der Waals surface area contributed by atoms with Gasteiger partial charge >= 0.3 is 0 Å². The lowest BCUT2D eigenvalue weighted by molar-refractivity contribution is -0.124. The average Bonchev–Trinajstić information content (AvgIpc) is 2.97. The maximum atomic E-state index is 12.5. The molecule has 2 N–H and O–H groups in total. The summed E-state index contributed by atoms with van der Waals surface area (Å²) in [6, 6.07) is 3.80. The van der Waals surface area contributed by atoms with Crippen LogP contribution in [-0.2, 0) is 18.4 Å². The van der Waals surface area contributed by atoms with Gasteiger partial charge in [0.05, 0.1) is 24.9 Å². The Morgan fingerprint density at radius 3 is 2.76 bits per heavy atom. The number of aliphatic hydroxyl groups excluding tert-OH is 1. The van der Waals surface area contributed by atoms with Gasteiger partial charge in [-0.1, -0.05) is 0 Å². The Kier molecular flexibility index (Phi) is 5.45. The SMILES string of the molecule is CN(CC(=O)NC(c1cnn(C)c1)C1CC(O)C1)Cc1ccncc1. The Hall–Kier alpha value is -2.25. The van der Waals surface area contributed by atoms with Gasteiger partial charge in [-0.3, -0.25) is 19.4 Å². The molecule has 1 unspecified atom stereocenters. The number of carbonyl (C=O) groups excluding carboxylic acids is 1. The average molecular weight is 343 g/mol. The fourth-order valence-corrected chi connectivity index (χ4v) is 3.30. The van der Waals surface area contributed by atoms with Gasteiger partial charge in [0.15, 0.2) is 0 Å². The number of likely N-dealkylation sites (N-methyl/N-ethyl adjacent to an activating group) is 1. The summed E-state index contributed by atoms with van der Waals surface area (Å²) in [5.74, 6) is 0.237. The van der Waals surface area contributed by atoms with Crippen LogP contribution in [0.25, 0.3) is 0 Å². The van der Waals surface area contributed by atoms with Crippen LogP contribution in [0.1, 0.15) is 30.0 Å². The van der Waals surface area contributed by atoms with Crippen molar-refractivity contribution in [1.29, 1.82) is 0 Å². The van der Waals surface area contributed by atoms with Gasteiger partial charge in [0.25, 0.3) is 0 Å². The van der Waals surface area contributed by atoms with Gasteiger partial charge in [-0.05, 0) is 43.5 Å². The minimum Gasteiger partial charge on any atom is -0.393 e. The molecular formula is C18H25N5O2. The molecule has 1 saturated carbocycles.